The fourth-order valence-electron chi connectivity index (χ4n) is 9.86. The second-order valence-electron chi connectivity index (χ2n) is 17.8. The molecule has 3 saturated carbocycles. The van der Waals surface area contributed by atoms with Crippen LogP contribution in [0.1, 0.15) is 67.6 Å². The highest BCUT2D eigenvalue weighted by Crippen LogP contribution is 2.61. The summed E-state index contributed by atoms with van der Waals surface area (Å²) >= 11 is 0. The Labute approximate surface area is 338 Å². The lowest BCUT2D eigenvalue weighted by Crippen LogP contribution is -2.62. The number of carbonyl (C=O) groups is 2. The van der Waals surface area contributed by atoms with E-state index in [0.29, 0.717) is 36.3 Å². The van der Waals surface area contributed by atoms with Gasteiger partial charge in [-0.05, 0) is 122 Å². The number of nitrogens with one attached hydrogen (secondary N) is 2. The van der Waals surface area contributed by atoms with Crippen LogP contribution in [0.25, 0.3) is 21.6 Å². The smallest absolute Gasteiger partial charge is 0.251 e. The van der Waals surface area contributed by atoms with Gasteiger partial charge in [0.2, 0.25) is 5.91 Å². The molecule has 1 saturated heterocycles. The van der Waals surface area contributed by atoms with Gasteiger partial charge in [-0.3, -0.25) is 14.4 Å². The van der Waals surface area contributed by atoms with Crippen molar-refractivity contribution in [1.29, 1.82) is 0 Å². The van der Waals surface area contributed by atoms with E-state index in [9.17, 15) is 20.2 Å². The second kappa shape index (κ2) is 17.6. The Hall–Kier alpha value is -4.45. The zero-order valence-corrected chi connectivity index (χ0v) is 35.1. The molecule has 2 bridgehead atoms. The molecule has 3 aromatic rings. The van der Waals surface area contributed by atoms with Crippen LogP contribution in [-0.4, -0.2) is 98.5 Å². The zero-order chi connectivity index (χ0) is 41.2. The van der Waals surface area contributed by atoms with E-state index in [1.54, 1.807) is 12.0 Å². The van der Waals surface area contributed by atoms with Gasteiger partial charge in [0, 0.05) is 54.8 Å². The molecule has 2 amide bonds. The van der Waals surface area contributed by atoms with Gasteiger partial charge in [-0.2, -0.15) is 5.06 Å². The first-order valence-corrected chi connectivity index (χ1v) is 20.4. The number of azide groups is 1. The lowest BCUT2D eigenvalue weighted by molar-refractivity contribution is -0.175. The van der Waals surface area contributed by atoms with Crippen LogP contribution in [0.4, 0.5) is 5.69 Å². The average Bonchev–Trinajstić information content (AvgIpc) is 3.53. The van der Waals surface area contributed by atoms with Gasteiger partial charge in [0.05, 0.1) is 25.3 Å². The summed E-state index contributed by atoms with van der Waals surface area (Å²) in [6, 6.07) is 21.4. The largest absolute Gasteiger partial charge is 0.393 e. The van der Waals surface area contributed by atoms with Crippen molar-refractivity contribution < 1.29 is 19.5 Å². The fourth-order valence-corrected chi connectivity index (χ4v) is 9.86. The number of benzene rings is 3. The summed E-state index contributed by atoms with van der Waals surface area (Å²) in [5.74, 6) is 0.532. The first-order valence-electron chi connectivity index (χ1n) is 20.4. The predicted octanol–water partition coefficient (Wildman–Crippen LogP) is 6.61. The van der Waals surface area contributed by atoms with E-state index in [-0.39, 0.29) is 42.4 Å². The minimum absolute atomic E-state index is 0.00748. The molecule has 57 heavy (non-hydrogen) atoms. The third kappa shape index (κ3) is 9.16. The molecule has 12 heteroatoms. The van der Waals surface area contributed by atoms with Crippen LogP contribution in [0.2, 0.25) is 0 Å². The lowest BCUT2D eigenvalue weighted by Gasteiger charge is -2.62. The molecule has 9 atom stereocenters. The molecule has 0 unspecified atom stereocenters. The summed E-state index contributed by atoms with van der Waals surface area (Å²) < 4.78 is 0. The molecule has 4 aliphatic rings. The van der Waals surface area contributed by atoms with Gasteiger partial charge >= 0.3 is 0 Å². The molecule has 3 aliphatic carbocycles. The highest BCUT2D eigenvalue weighted by Gasteiger charge is 2.57. The number of fused-ring (bicyclic) bond motifs is 2. The molecule has 12 nitrogen and oxygen atoms in total. The molecule has 4 fully saturated rings. The van der Waals surface area contributed by atoms with Crippen LogP contribution in [0.5, 0.6) is 0 Å². The Morgan fingerprint density at radius 1 is 1.07 bits per heavy atom. The molecule has 0 spiro atoms. The van der Waals surface area contributed by atoms with Crippen LogP contribution < -0.4 is 15.5 Å². The van der Waals surface area contributed by atoms with Gasteiger partial charge < -0.3 is 25.5 Å². The predicted molar refractivity (Wildman–Crippen MR) is 225 cm³/mol. The molecular formula is C45H62N8O4. The van der Waals surface area contributed by atoms with Gasteiger partial charge in [0.25, 0.3) is 5.91 Å². The first-order chi connectivity index (χ1) is 27.1. The minimum Gasteiger partial charge on any atom is -0.393 e. The Balaban J connectivity index is 1.28. The second-order valence-corrected chi connectivity index (χ2v) is 17.8. The van der Waals surface area contributed by atoms with Crippen molar-refractivity contribution in [2.24, 2.45) is 34.2 Å². The molecule has 1 aliphatic heterocycles. The van der Waals surface area contributed by atoms with Gasteiger partial charge in [0.1, 0.15) is 6.04 Å². The van der Waals surface area contributed by atoms with Crippen LogP contribution in [0.15, 0.2) is 71.8 Å². The fraction of sp³-hybridized carbons (Fsp3) is 0.556. The minimum atomic E-state index is -0.892. The van der Waals surface area contributed by atoms with E-state index in [1.165, 1.54) is 6.42 Å². The van der Waals surface area contributed by atoms with Crippen LogP contribution >= 0.6 is 0 Å². The normalized spacial score (nSPS) is 26.2. The van der Waals surface area contributed by atoms with Crippen molar-refractivity contribution in [3.8, 4) is 11.1 Å². The number of aliphatic hydroxyl groups excluding tert-OH is 1. The number of carbonyl (C=O) groups excluding carboxylic acids is 2. The zero-order valence-electron chi connectivity index (χ0n) is 35.1. The third-order valence-corrected chi connectivity index (χ3v) is 13.2. The Kier molecular flexibility index (Phi) is 13.0. The van der Waals surface area contributed by atoms with Crippen molar-refractivity contribution in [1.82, 2.24) is 20.6 Å². The monoisotopic (exact) mass is 778 g/mol. The molecule has 1 heterocycles. The van der Waals surface area contributed by atoms with Crippen LogP contribution in [-0.2, 0) is 22.6 Å². The van der Waals surface area contributed by atoms with E-state index in [4.69, 9.17) is 4.84 Å². The molecule has 3 N–H and O–H groups in total. The number of rotatable bonds is 15. The van der Waals surface area contributed by atoms with Gasteiger partial charge in [-0.25, -0.2) is 0 Å². The summed E-state index contributed by atoms with van der Waals surface area (Å²) in [7, 11) is 7.95. The lowest BCUT2D eigenvalue weighted by atomic mass is 9.45. The molecule has 3 aromatic carbocycles. The molecule has 306 valence electrons. The molecule has 0 aromatic heterocycles. The maximum atomic E-state index is 14.4. The maximum absolute atomic E-state index is 14.4. The third-order valence-electron chi connectivity index (χ3n) is 13.2. The molecule has 7 rings (SSSR count). The quantitative estimate of drug-likeness (QED) is 0.0895. The number of anilines is 1. The Morgan fingerprint density at radius 3 is 2.44 bits per heavy atom. The number of likely N-dealkylation sites (N-methyl/N-ethyl adjacent to an activating group) is 1. The van der Waals surface area contributed by atoms with Crippen molar-refractivity contribution in [2.45, 2.75) is 90.8 Å². The van der Waals surface area contributed by atoms with Gasteiger partial charge in [-0.1, -0.05) is 74.4 Å². The highest BCUT2D eigenvalue weighted by atomic mass is 16.7. The molecular weight excluding hydrogens is 717 g/mol. The first kappa shape index (κ1) is 42.2. The van der Waals surface area contributed by atoms with E-state index in [2.05, 4.69) is 70.6 Å². The van der Waals surface area contributed by atoms with Crippen LogP contribution in [0, 0.1) is 36.0 Å². The Bertz CT molecular complexity index is 1940. The number of amides is 2. The van der Waals surface area contributed by atoms with Crippen LogP contribution in [0.3, 0.4) is 0 Å². The van der Waals surface area contributed by atoms with E-state index >= 15 is 0 Å². The van der Waals surface area contributed by atoms with E-state index in [1.807, 2.05) is 82.5 Å². The van der Waals surface area contributed by atoms with Crippen molar-refractivity contribution in [3.63, 3.8) is 0 Å². The SMILES string of the molecule is Cc1c(CN2O[C@@H](CN=[N+]=[N-])[C@@H]([C@H](C)O)[C@H]2C(=O)N[C@H]2C[C@H]3C[C@@H]([C@@H]2C)C3(C)C)cccc1-c1cc(C(=O)N[C@@H](Cc2ccccc2)CN(C)C)cc(N(C)C)c1. The van der Waals surface area contributed by atoms with Crippen molar-refractivity contribution >= 4 is 17.5 Å². The van der Waals surface area contributed by atoms with E-state index in [0.717, 1.165) is 39.9 Å². The van der Waals surface area contributed by atoms with Gasteiger partial charge in [-0.15, -0.1) is 0 Å². The highest BCUT2D eigenvalue weighted by molar-refractivity contribution is 5.97. The summed E-state index contributed by atoms with van der Waals surface area (Å²) in [4.78, 5) is 41.9. The number of nitrogens with zero attached hydrogens (tertiary/aromatic N) is 6. The number of aliphatic hydroxyl groups is 1. The van der Waals surface area contributed by atoms with E-state index < -0.39 is 24.2 Å². The summed E-state index contributed by atoms with van der Waals surface area (Å²) in [6.07, 6.45) is 1.28. The number of hydrogen-bond donors (Lipinski definition) is 3. The summed E-state index contributed by atoms with van der Waals surface area (Å²) in [6.45, 7) is 11.6. The number of hydroxylamine groups is 2. The summed E-state index contributed by atoms with van der Waals surface area (Å²) in [5.41, 5.74) is 15.8. The standard InChI is InChI=1S/C45H62N8O4/c1-27-31(25-53-42(41(29(3)54)40(57-53)24-47-50-46)44(56)49-39-23-34-22-38(28(39)2)45(34,4)5)16-13-17-37(27)32-19-33(21-36(20-32)52(8)9)43(55)48-35(26-51(6)7)18-30-14-11-10-12-15-30/h10-17,19-21,28-29,34-35,38-42,54H,18,22-26H2,1-9H3,(H,48,55)(H,49,56)/t28-,29-,34+,35-,38-,39-,40-,41+,42-/m0/s1. The maximum Gasteiger partial charge on any atom is 0.251 e. The van der Waals surface area contributed by atoms with Crippen molar-refractivity contribution in [3.05, 3.63) is 99.4 Å². The summed E-state index contributed by atoms with van der Waals surface area (Å²) in [5, 5.41) is 23.3. The molecule has 0 radical (unpaired) electrons. The number of hydrogen-bond acceptors (Lipinski definition) is 8. The Morgan fingerprint density at radius 2 is 1.81 bits per heavy atom. The van der Waals surface area contributed by atoms with Crippen molar-refractivity contribution in [2.75, 3.05) is 46.2 Å². The van der Waals surface area contributed by atoms with Gasteiger partial charge in [0.15, 0.2) is 0 Å². The topological polar surface area (TPSA) is 146 Å². The average molecular weight is 779 g/mol.